The molecule has 0 saturated carbocycles. The maximum atomic E-state index is 5.16. The fourth-order valence-electron chi connectivity index (χ4n) is 4.03. The van der Waals surface area contributed by atoms with Gasteiger partial charge in [-0.1, -0.05) is 48.0 Å². The third-order valence-electron chi connectivity index (χ3n) is 5.56. The van der Waals surface area contributed by atoms with E-state index < -0.39 is 0 Å². The van der Waals surface area contributed by atoms with Crippen LogP contribution in [0.3, 0.4) is 0 Å². The first kappa shape index (κ1) is 25.2. The van der Waals surface area contributed by atoms with Gasteiger partial charge in [-0.05, 0) is 43.0 Å². The molecule has 2 heterocycles. The number of hydrogen-bond acceptors (Lipinski definition) is 4. The number of methoxy groups -OCH3 is 1. The molecule has 1 aliphatic rings. The Hall–Kier alpha value is -2.46. The van der Waals surface area contributed by atoms with Gasteiger partial charge in [0.25, 0.3) is 0 Å². The SMILES string of the molecule is CCNC(=NCc1cccc(-c2cccc(C)c2)c1)NC1CCc2nc(COC)nn2C1.I. The number of halogens is 1. The zero-order valence-corrected chi connectivity index (χ0v) is 21.9. The maximum absolute atomic E-state index is 5.16. The molecule has 0 radical (unpaired) electrons. The molecular weight excluding hydrogens is 527 g/mol. The smallest absolute Gasteiger partial charge is 0.191 e. The van der Waals surface area contributed by atoms with Crippen molar-refractivity contribution >= 4 is 29.9 Å². The largest absolute Gasteiger partial charge is 0.377 e. The molecular formula is C25H33IN6O. The number of nitrogens with zero attached hydrogens (tertiary/aromatic N) is 4. The summed E-state index contributed by atoms with van der Waals surface area (Å²) in [4.78, 5) is 9.41. The molecule has 0 aliphatic carbocycles. The molecule has 1 aliphatic heterocycles. The standard InChI is InChI=1S/C25H32N6O.HI/c1-4-26-25(28-22-11-12-24-29-23(17-32-3)30-31(24)16-22)27-15-19-8-6-10-21(14-19)20-9-5-7-18(2)13-20;/h5-10,13-14,22H,4,11-12,15-17H2,1-3H3,(H2,26,27,28);1H. The number of fused-ring (bicyclic) bond motifs is 1. The predicted octanol–water partition coefficient (Wildman–Crippen LogP) is 4.09. The molecule has 0 amide bonds. The summed E-state index contributed by atoms with van der Waals surface area (Å²) in [6, 6.07) is 17.5. The number of benzene rings is 2. The molecule has 1 atom stereocenters. The topological polar surface area (TPSA) is 76.4 Å². The molecule has 176 valence electrons. The van der Waals surface area contributed by atoms with Gasteiger partial charge >= 0.3 is 0 Å². The summed E-state index contributed by atoms with van der Waals surface area (Å²) in [6.07, 6.45) is 1.89. The molecule has 0 saturated heterocycles. The highest BCUT2D eigenvalue weighted by Crippen LogP contribution is 2.22. The first-order chi connectivity index (χ1) is 15.6. The minimum Gasteiger partial charge on any atom is -0.377 e. The van der Waals surface area contributed by atoms with E-state index in [0.29, 0.717) is 13.2 Å². The van der Waals surface area contributed by atoms with Crippen LogP contribution in [-0.2, 0) is 30.9 Å². The van der Waals surface area contributed by atoms with E-state index in [-0.39, 0.29) is 30.0 Å². The summed E-state index contributed by atoms with van der Waals surface area (Å²) in [7, 11) is 1.67. The lowest BCUT2D eigenvalue weighted by molar-refractivity contribution is 0.177. The van der Waals surface area contributed by atoms with Crippen molar-refractivity contribution in [1.29, 1.82) is 0 Å². The summed E-state index contributed by atoms with van der Waals surface area (Å²) in [5, 5.41) is 11.5. The number of aliphatic imine (C=N–C) groups is 1. The van der Waals surface area contributed by atoms with Gasteiger partial charge in [-0.2, -0.15) is 5.10 Å². The van der Waals surface area contributed by atoms with Gasteiger partial charge in [0.15, 0.2) is 11.8 Å². The third-order valence-corrected chi connectivity index (χ3v) is 5.56. The number of guanidine groups is 1. The number of aromatic nitrogens is 3. The average molecular weight is 560 g/mol. The molecule has 1 unspecified atom stereocenters. The minimum atomic E-state index is 0. The lowest BCUT2D eigenvalue weighted by atomic mass is 10.0. The average Bonchev–Trinajstić information content (AvgIpc) is 3.20. The molecule has 8 heteroatoms. The molecule has 1 aromatic heterocycles. The van der Waals surface area contributed by atoms with Crippen LogP contribution in [0.4, 0.5) is 0 Å². The number of ether oxygens (including phenoxy) is 1. The van der Waals surface area contributed by atoms with Crippen molar-refractivity contribution in [3.63, 3.8) is 0 Å². The van der Waals surface area contributed by atoms with E-state index in [4.69, 9.17) is 9.73 Å². The van der Waals surface area contributed by atoms with Crippen molar-refractivity contribution in [2.24, 2.45) is 4.99 Å². The van der Waals surface area contributed by atoms with Crippen molar-refractivity contribution < 1.29 is 4.74 Å². The van der Waals surface area contributed by atoms with E-state index in [1.807, 2.05) is 4.68 Å². The van der Waals surface area contributed by atoms with Crippen molar-refractivity contribution in [2.75, 3.05) is 13.7 Å². The molecule has 0 spiro atoms. The van der Waals surface area contributed by atoms with Crippen molar-refractivity contribution in [2.45, 2.75) is 52.4 Å². The van der Waals surface area contributed by atoms with Crippen LogP contribution in [0.25, 0.3) is 11.1 Å². The van der Waals surface area contributed by atoms with Gasteiger partial charge in [-0.15, -0.1) is 24.0 Å². The monoisotopic (exact) mass is 560 g/mol. The van der Waals surface area contributed by atoms with Crippen LogP contribution in [0, 0.1) is 6.92 Å². The van der Waals surface area contributed by atoms with Gasteiger partial charge in [-0.25, -0.2) is 14.7 Å². The van der Waals surface area contributed by atoms with Crippen molar-refractivity contribution in [3.8, 4) is 11.1 Å². The fraction of sp³-hybridized carbons (Fsp3) is 0.400. The number of aryl methyl sites for hydroxylation is 2. The van der Waals surface area contributed by atoms with Crippen molar-refractivity contribution in [3.05, 3.63) is 71.3 Å². The van der Waals surface area contributed by atoms with Gasteiger partial charge in [-0.3, -0.25) is 0 Å². The Kier molecular flexibility index (Phi) is 9.25. The molecule has 0 bridgehead atoms. The zero-order valence-electron chi connectivity index (χ0n) is 19.5. The zero-order chi connectivity index (χ0) is 22.3. The molecule has 7 nitrogen and oxygen atoms in total. The van der Waals surface area contributed by atoms with Gasteiger partial charge in [0.1, 0.15) is 12.4 Å². The highest BCUT2D eigenvalue weighted by molar-refractivity contribution is 14.0. The highest BCUT2D eigenvalue weighted by atomic mass is 127. The van der Waals surface area contributed by atoms with Gasteiger partial charge in [0.05, 0.1) is 13.1 Å². The number of nitrogens with one attached hydrogen (secondary N) is 2. The van der Waals surface area contributed by atoms with Gasteiger partial charge < -0.3 is 15.4 Å². The van der Waals surface area contributed by atoms with Crippen LogP contribution in [-0.4, -0.2) is 40.4 Å². The molecule has 0 fully saturated rings. The summed E-state index contributed by atoms with van der Waals surface area (Å²) < 4.78 is 7.15. The normalized spacial score (nSPS) is 15.5. The Labute approximate surface area is 213 Å². The Bertz CT molecular complexity index is 1080. The minimum absolute atomic E-state index is 0. The van der Waals surface area contributed by atoms with Crippen LogP contribution in [0.5, 0.6) is 0 Å². The Morgan fingerprint density at radius 1 is 1.18 bits per heavy atom. The first-order valence-corrected chi connectivity index (χ1v) is 11.3. The molecule has 3 aromatic rings. The second kappa shape index (κ2) is 12.1. The molecule has 33 heavy (non-hydrogen) atoms. The van der Waals surface area contributed by atoms with E-state index in [1.54, 1.807) is 7.11 Å². The van der Waals surface area contributed by atoms with E-state index in [2.05, 4.69) is 83.1 Å². The maximum Gasteiger partial charge on any atom is 0.191 e. The third kappa shape index (κ3) is 6.77. The fourth-order valence-corrected chi connectivity index (χ4v) is 4.03. The van der Waals surface area contributed by atoms with Crippen LogP contribution in [0.2, 0.25) is 0 Å². The lowest BCUT2D eigenvalue weighted by Crippen LogP contribution is -2.47. The van der Waals surface area contributed by atoms with E-state index in [1.165, 1.54) is 22.3 Å². The summed E-state index contributed by atoms with van der Waals surface area (Å²) >= 11 is 0. The number of hydrogen-bond donors (Lipinski definition) is 2. The van der Waals surface area contributed by atoms with Gasteiger partial charge in [0, 0.05) is 26.1 Å². The predicted molar refractivity (Wildman–Crippen MR) is 143 cm³/mol. The second-order valence-electron chi connectivity index (χ2n) is 8.20. The second-order valence-corrected chi connectivity index (χ2v) is 8.20. The summed E-state index contributed by atoms with van der Waals surface area (Å²) in [6.45, 7) is 6.87. The summed E-state index contributed by atoms with van der Waals surface area (Å²) in [5.74, 6) is 2.61. The summed E-state index contributed by atoms with van der Waals surface area (Å²) in [5.41, 5.74) is 4.91. The Morgan fingerprint density at radius 2 is 1.97 bits per heavy atom. The van der Waals surface area contributed by atoms with Crippen molar-refractivity contribution in [1.82, 2.24) is 25.4 Å². The Morgan fingerprint density at radius 3 is 2.73 bits per heavy atom. The van der Waals surface area contributed by atoms with E-state index >= 15 is 0 Å². The Balaban J connectivity index is 0.00000306. The first-order valence-electron chi connectivity index (χ1n) is 11.3. The molecule has 4 rings (SSSR count). The van der Waals surface area contributed by atoms with Crippen LogP contribution in [0.1, 0.15) is 36.1 Å². The van der Waals surface area contributed by atoms with Crippen LogP contribution in [0.15, 0.2) is 53.5 Å². The van der Waals surface area contributed by atoms with Crippen LogP contribution < -0.4 is 10.6 Å². The van der Waals surface area contributed by atoms with E-state index in [9.17, 15) is 0 Å². The van der Waals surface area contributed by atoms with Crippen LogP contribution >= 0.6 is 24.0 Å². The molecule has 2 N–H and O–H groups in total. The van der Waals surface area contributed by atoms with E-state index in [0.717, 1.165) is 43.5 Å². The number of rotatable bonds is 7. The van der Waals surface area contributed by atoms with Gasteiger partial charge in [0.2, 0.25) is 0 Å². The highest BCUT2D eigenvalue weighted by Gasteiger charge is 2.22. The molecule has 2 aromatic carbocycles. The lowest BCUT2D eigenvalue weighted by Gasteiger charge is -2.25. The quantitative estimate of drug-likeness (QED) is 0.259.